The van der Waals surface area contributed by atoms with Gasteiger partial charge in [-0.25, -0.2) is 0 Å². The van der Waals surface area contributed by atoms with Crippen LogP contribution in [-0.2, 0) is 22.6 Å². The van der Waals surface area contributed by atoms with E-state index in [1.54, 1.807) is 0 Å². The highest BCUT2D eigenvalue weighted by Crippen LogP contribution is 2.18. The molecule has 5 heteroatoms. The zero-order chi connectivity index (χ0) is 16.9. The first kappa shape index (κ1) is 17.9. The lowest BCUT2D eigenvalue weighted by molar-refractivity contribution is -0.129. The molecule has 0 spiro atoms. The first-order valence-electron chi connectivity index (χ1n) is 8.34. The van der Waals surface area contributed by atoms with Crippen molar-refractivity contribution in [2.45, 2.75) is 51.4 Å². The molecule has 1 amide bonds. The molecule has 23 heavy (non-hydrogen) atoms. The minimum atomic E-state index is -0.790. The van der Waals surface area contributed by atoms with Crippen LogP contribution in [0.1, 0.15) is 37.8 Å². The Morgan fingerprint density at radius 2 is 1.91 bits per heavy atom. The number of nitrogens with one attached hydrogen (secondary N) is 1. The molecule has 1 aromatic rings. The van der Waals surface area contributed by atoms with Crippen LogP contribution >= 0.6 is 0 Å². The quantitative estimate of drug-likeness (QED) is 0.837. The van der Waals surface area contributed by atoms with Crippen molar-refractivity contribution in [3.8, 4) is 0 Å². The van der Waals surface area contributed by atoms with Gasteiger partial charge in [0.05, 0.1) is 5.54 Å². The maximum atomic E-state index is 12.4. The summed E-state index contributed by atoms with van der Waals surface area (Å²) in [4.78, 5) is 14.7. The van der Waals surface area contributed by atoms with Gasteiger partial charge in [0.15, 0.2) is 0 Å². The maximum Gasteiger partial charge on any atom is 0.240 e. The van der Waals surface area contributed by atoms with Crippen molar-refractivity contribution < 1.29 is 9.53 Å². The molecule has 0 aromatic heterocycles. The Kier molecular flexibility index (Phi) is 6.16. The van der Waals surface area contributed by atoms with E-state index in [4.69, 9.17) is 10.5 Å². The van der Waals surface area contributed by atoms with Gasteiger partial charge >= 0.3 is 0 Å². The summed E-state index contributed by atoms with van der Waals surface area (Å²) in [6.45, 7) is 6.84. The standard InChI is InChI=1S/C18H29N3O2/c1-14(2)21(3)13-16-7-5-4-6-15(16)12-20-17(22)18(19)8-10-23-11-9-18/h4-7,14H,8-13,19H2,1-3H3,(H,20,22). The lowest BCUT2D eigenvalue weighted by atomic mass is 9.90. The maximum absolute atomic E-state index is 12.4. The Labute approximate surface area is 139 Å². The van der Waals surface area contributed by atoms with Gasteiger partial charge in [-0.3, -0.25) is 9.69 Å². The van der Waals surface area contributed by atoms with Crippen LogP contribution in [0.2, 0.25) is 0 Å². The summed E-state index contributed by atoms with van der Waals surface area (Å²) in [7, 11) is 2.11. The Balaban J connectivity index is 1.99. The third kappa shape index (κ3) is 4.77. The second-order valence-corrected chi connectivity index (χ2v) is 6.73. The molecule has 1 saturated heterocycles. The highest BCUT2D eigenvalue weighted by Gasteiger charge is 2.35. The van der Waals surface area contributed by atoms with Crippen molar-refractivity contribution in [1.29, 1.82) is 0 Å². The predicted octanol–water partition coefficient (Wildman–Crippen LogP) is 1.65. The van der Waals surface area contributed by atoms with Gasteiger partial charge in [-0.15, -0.1) is 0 Å². The molecule has 1 aliphatic rings. The number of amides is 1. The van der Waals surface area contributed by atoms with E-state index >= 15 is 0 Å². The second-order valence-electron chi connectivity index (χ2n) is 6.73. The first-order chi connectivity index (χ1) is 10.9. The summed E-state index contributed by atoms with van der Waals surface area (Å²) >= 11 is 0. The number of carbonyl (C=O) groups is 1. The summed E-state index contributed by atoms with van der Waals surface area (Å²) in [6, 6.07) is 8.71. The van der Waals surface area contributed by atoms with E-state index in [1.165, 1.54) is 5.56 Å². The van der Waals surface area contributed by atoms with E-state index in [9.17, 15) is 4.79 Å². The van der Waals surface area contributed by atoms with Crippen LogP contribution in [0.15, 0.2) is 24.3 Å². The van der Waals surface area contributed by atoms with Crippen LogP contribution in [0.3, 0.4) is 0 Å². The number of rotatable bonds is 6. The van der Waals surface area contributed by atoms with E-state index in [0.717, 1.165) is 12.1 Å². The zero-order valence-corrected chi connectivity index (χ0v) is 14.5. The molecule has 0 atom stereocenters. The van der Waals surface area contributed by atoms with Gasteiger partial charge in [0, 0.05) is 32.3 Å². The highest BCUT2D eigenvalue weighted by molar-refractivity contribution is 5.86. The van der Waals surface area contributed by atoms with Gasteiger partial charge in [0.2, 0.25) is 5.91 Å². The number of carbonyl (C=O) groups excluding carboxylic acids is 1. The van der Waals surface area contributed by atoms with Gasteiger partial charge in [0.25, 0.3) is 0 Å². The number of nitrogens with two attached hydrogens (primary N) is 1. The van der Waals surface area contributed by atoms with Gasteiger partial charge in [-0.05, 0) is 44.9 Å². The molecule has 0 aliphatic carbocycles. The van der Waals surface area contributed by atoms with Gasteiger partial charge in [-0.2, -0.15) is 0 Å². The van der Waals surface area contributed by atoms with E-state index in [0.29, 0.717) is 38.6 Å². The molecule has 3 N–H and O–H groups in total. The average molecular weight is 319 g/mol. The predicted molar refractivity (Wildman–Crippen MR) is 91.9 cm³/mol. The lowest BCUT2D eigenvalue weighted by Gasteiger charge is -2.32. The first-order valence-corrected chi connectivity index (χ1v) is 8.34. The Hall–Kier alpha value is -1.43. The molecule has 0 saturated carbocycles. The summed E-state index contributed by atoms with van der Waals surface area (Å²) in [5, 5.41) is 3.01. The largest absolute Gasteiger partial charge is 0.381 e. The van der Waals surface area contributed by atoms with Crippen molar-refractivity contribution in [2.24, 2.45) is 5.73 Å². The SMILES string of the molecule is CC(C)N(C)Cc1ccccc1CNC(=O)C1(N)CCOCC1. The fraction of sp³-hybridized carbons (Fsp3) is 0.611. The van der Waals surface area contributed by atoms with E-state index in [1.807, 2.05) is 12.1 Å². The van der Waals surface area contributed by atoms with Gasteiger partial charge < -0.3 is 15.8 Å². The van der Waals surface area contributed by atoms with E-state index in [-0.39, 0.29) is 5.91 Å². The summed E-state index contributed by atoms with van der Waals surface area (Å²) < 4.78 is 5.30. The molecule has 1 fully saturated rings. The Morgan fingerprint density at radius 3 is 2.52 bits per heavy atom. The summed E-state index contributed by atoms with van der Waals surface area (Å²) in [6.07, 6.45) is 1.16. The molecule has 0 bridgehead atoms. The zero-order valence-electron chi connectivity index (χ0n) is 14.5. The smallest absolute Gasteiger partial charge is 0.240 e. The number of nitrogens with zero attached hydrogens (tertiary/aromatic N) is 1. The van der Waals surface area contributed by atoms with Crippen LogP contribution < -0.4 is 11.1 Å². The Morgan fingerprint density at radius 1 is 1.30 bits per heavy atom. The van der Waals surface area contributed by atoms with Crippen LogP contribution in [-0.4, -0.2) is 42.6 Å². The van der Waals surface area contributed by atoms with Crippen molar-refractivity contribution in [3.05, 3.63) is 35.4 Å². The molecule has 5 nitrogen and oxygen atoms in total. The third-order valence-corrected chi connectivity index (χ3v) is 4.70. The summed E-state index contributed by atoms with van der Waals surface area (Å²) in [5.74, 6) is -0.0761. The van der Waals surface area contributed by atoms with Gasteiger partial charge in [0.1, 0.15) is 0 Å². The van der Waals surface area contributed by atoms with E-state index in [2.05, 4.69) is 43.2 Å². The minimum Gasteiger partial charge on any atom is -0.381 e. The number of ether oxygens (including phenoxy) is 1. The topological polar surface area (TPSA) is 67.6 Å². The lowest BCUT2D eigenvalue weighted by Crippen LogP contribution is -2.56. The highest BCUT2D eigenvalue weighted by atomic mass is 16.5. The second kappa shape index (κ2) is 7.90. The number of hydrogen-bond acceptors (Lipinski definition) is 4. The molecular weight excluding hydrogens is 290 g/mol. The summed E-state index contributed by atoms with van der Waals surface area (Å²) in [5.41, 5.74) is 7.82. The fourth-order valence-corrected chi connectivity index (χ4v) is 2.65. The van der Waals surface area contributed by atoms with Crippen LogP contribution in [0.5, 0.6) is 0 Å². The van der Waals surface area contributed by atoms with Crippen LogP contribution in [0, 0.1) is 0 Å². The van der Waals surface area contributed by atoms with Crippen molar-refractivity contribution in [1.82, 2.24) is 10.2 Å². The molecular formula is C18H29N3O2. The Bertz CT molecular complexity index is 525. The molecule has 0 radical (unpaired) electrons. The molecule has 1 aliphatic heterocycles. The minimum absolute atomic E-state index is 0.0761. The monoisotopic (exact) mass is 319 g/mol. The van der Waals surface area contributed by atoms with Crippen LogP contribution in [0.25, 0.3) is 0 Å². The molecule has 0 unspecified atom stereocenters. The van der Waals surface area contributed by atoms with Crippen molar-refractivity contribution in [3.63, 3.8) is 0 Å². The van der Waals surface area contributed by atoms with E-state index < -0.39 is 5.54 Å². The molecule has 128 valence electrons. The van der Waals surface area contributed by atoms with Crippen molar-refractivity contribution in [2.75, 3.05) is 20.3 Å². The number of benzene rings is 1. The molecule has 1 aromatic carbocycles. The van der Waals surface area contributed by atoms with Crippen LogP contribution in [0.4, 0.5) is 0 Å². The van der Waals surface area contributed by atoms with Gasteiger partial charge in [-0.1, -0.05) is 24.3 Å². The third-order valence-electron chi connectivity index (χ3n) is 4.70. The normalized spacial score (nSPS) is 17.5. The average Bonchev–Trinajstić information content (AvgIpc) is 2.54. The number of hydrogen-bond donors (Lipinski definition) is 2. The molecule has 2 rings (SSSR count). The fourth-order valence-electron chi connectivity index (χ4n) is 2.65. The van der Waals surface area contributed by atoms with Crippen molar-refractivity contribution >= 4 is 5.91 Å². The molecule has 1 heterocycles.